The number of aromatic nitrogens is 1. The Kier molecular flexibility index (Phi) is 2.49. The number of hydrogen-bond acceptors (Lipinski definition) is 2. The Balaban J connectivity index is 3.21. The normalized spacial score (nSPS) is 8.67. The van der Waals surface area contributed by atoms with E-state index in [1.807, 2.05) is 13.1 Å². The molecule has 0 aromatic carbocycles. The van der Waals surface area contributed by atoms with E-state index in [1.165, 1.54) is 0 Å². The first-order chi connectivity index (χ1) is 5.81. The van der Waals surface area contributed by atoms with Crippen LogP contribution in [-0.4, -0.2) is 12.0 Å². The van der Waals surface area contributed by atoms with Crippen molar-refractivity contribution in [1.29, 1.82) is 0 Å². The summed E-state index contributed by atoms with van der Waals surface area (Å²) >= 11 is 0. The van der Waals surface area contributed by atoms with Gasteiger partial charge in [-0.05, 0) is 12.1 Å². The minimum Gasteiger partial charge on any atom is -0.386 e. The van der Waals surface area contributed by atoms with E-state index in [0.717, 1.165) is 16.9 Å². The maximum absolute atomic E-state index is 5.22. The Morgan fingerprint density at radius 2 is 2.50 bits per heavy atom. The van der Waals surface area contributed by atoms with Crippen LogP contribution < -0.4 is 5.32 Å². The van der Waals surface area contributed by atoms with E-state index in [-0.39, 0.29) is 0 Å². The molecule has 0 aliphatic carbocycles. The molecule has 0 amide bonds. The van der Waals surface area contributed by atoms with Gasteiger partial charge in [0.25, 0.3) is 0 Å². The lowest BCUT2D eigenvalue weighted by Gasteiger charge is -2.03. The van der Waals surface area contributed by atoms with Crippen molar-refractivity contribution in [3.05, 3.63) is 30.1 Å². The molecule has 0 bridgehead atoms. The van der Waals surface area contributed by atoms with Crippen LogP contribution in [0.4, 0.5) is 5.69 Å². The summed E-state index contributed by atoms with van der Waals surface area (Å²) < 4.78 is 0. The van der Waals surface area contributed by atoms with E-state index < -0.39 is 0 Å². The zero-order chi connectivity index (χ0) is 8.97. The van der Waals surface area contributed by atoms with Gasteiger partial charge in [-0.3, -0.25) is 4.98 Å². The van der Waals surface area contributed by atoms with Gasteiger partial charge in [0.05, 0.1) is 11.4 Å². The Morgan fingerprint density at radius 3 is 3.00 bits per heavy atom. The van der Waals surface area contributed by atoms with Gasteiger partial charge in [-0.15, -0.1) is 6.42 Å². The van der Waals surface area contributed by atoms with E-state index >= 15 is 0 Å². The van der Waals surface area contributed by atoms with Crippen molar-refractivity contribution in [2.75, 3.05) is 12.4 Å². The second kappa shape index (κ2) is 3.59. The minimum atomic E-state index is 0.768. The number of terminal acetylenes is 1. The van der Waals surface area contributed by atoms with Gasteiger partial charge in [-0.1, -0.05) is 12.5 Å². The molecule has 0 unspecified atom stereocenters. The first kappa shape index (κ1) is 8.35. The van der Waals surface area contributed by atoms with Crippen LogP contribution in [0, 0.1) is 12.3 Å². The Labute approximate surface area is 72.3 Å². The summed E-state index contributed by atoms with van der Waals surface area (Å²) in [4.78, 5) is 4.12. The van der Waals surface area contributed by atoms with E-state index in [4.69, 9.17) is 6.42 Å². The molecule has 1 N–H and O–H groups in total. The summed E-state index contributed by atoms with van der Waals surface area (Å²) in [6, 6.07) is 1.87. The quantitative estimate of drug-likeness (QED) is 0.663. The molecule has 0 saturated heterocycles. The highest BCUT2D eigenvalue weighted by molar-refractivity contribution is 5.63. The molecule has 0 saturated carbocycles. The predicted molar refractivity (Wildman–Crippen MR) is 51.8 cm³/mol. The highest BCUT2D eigenvalue weighted by Gasteiger charge is 1.98. The van der Waals surface area contributed by atoms with Crippen LogP contribution in [0.1, 0.15) is 11.3 Å². The third-order valence-electron chi connectivity index (χ3n) is 1.55. The van der Waals surface area contributed by atoms with E-state index in [0.29, 0.717) is 0 Å². The smallest absolute Gasteiger partial charge is 0.0855 e. The lowest BCUT2D eigenvalue weighted by atomic mass is 10.2. The molecule has 60 valence electrons. The average Bonchev–Trinajstić information content (AvgIpc) is 2.16. The molecular weight excluding hydrogens is 148 g/mol. The first-order valence-corrected chi connectivity index (χ1v) is 3.58. The number of rotatable bonds is 2. The van der Waals surface area contributed by atoms with Crippen LogP contribution in [0.3, 0.4) is 0 Å². The summed E-state index contributed by atoms with van der Waals surface area (Å²) in [6.07, 6.45) is 8.56. The van der Waals surface area contributed by atoms with Gasteiger partial charge in [0.15, 0.2) is 0 Å². The number of nitrogens with zero attached hydrogens (tertiary/aromatic N) is 1. The predicted octanol–water partition coefficient (Wildman–Crippen LogP) is 1.75. The Morgan fingerprint density at radius 1 is 1.75 bits per heavy atom. The second-order valence-electron chi connectivity index (χ2n) is 2.26. The number of hydrogen-bond donors (Lipinski definition) is 1. The molecule has 0 atom stereocenters. The van der Waals surface area contributed by atoms with Crippen molar-refractivity contribution >= 4 is 11.8 Å². The third kappa shape index (κ3) is 1.46. The molecule has 0 aliphatic heterocycles. The summed E-state index contributed by atoms with van der Waals surface area (Å²) in [5, 5.41) is 2.99. The van der Waals surface area contributed by atoms with Crippen molar-refractivity contribution < 1.29 is 0 Å². The van der Waals surface area contributed by atoms with Crippen LogP contribution >= 0.6 is 0 Å². The van der Waals surface area contributed by atoms with Gasteiger partial charge >= 0.3 is 0 Å². The second-order valence-corrected chi connectivity index (χ2v) is 2.26. The molecule has 1 heterocycles. The Bertz CT molecular complexity index is 334. The number of nitrogens with one attached hydrogen (secondary N) is 1. The summed E-state index contributed by atoms with van der Waals surface area (Å²) in [7, 11) is 1.82. The molecule has 2 nitrogen and oxygen atoms in total. The molecule has 0 fully saturated rings. The zero-order valence-electron chi connectivity index (χ0n) is 6.96. The van der Waals surface area contributed by atoms with Crippen molar-refractivity contribution in [3.8, 4) is 12.3 Å². The topological polar surface area (TPSA) is 24.9 Å². The highest BCUT2D eigenvalue weighted by Crippen LogP contribution is 2.14. The van der Waals surface area contributed by atoms with Gasteiger partial charge < -0.3 is 5.32 Å². The van der Waals surface area contributed by atoms with E-state index in [2.05, 4.69) is 22.8 Å². The first-order valence-electron chi connectivity index (χ1n) is 3.58. The van der Waals surface area contributed by atoms with Gasteiger partial charge in [0, 0.05) is 18.8 Å². The molecular formula is C10H10N2. The van der Waals surface area contributed by atoms with E-state index in [1.54, 1.807) is 12.3 Å². The fourth-order valence-corrected chi connectivity index (χ4v) is 0.917. The zero-order valence-corrected chi connectivity index (χ0v) is 6.96. The summed E-state index contributed by atoms with van der Waals surface area (Å²) in [5.41, 5.74) is 2.49. The fourth-order valence-electron chi connectivity index (χ4n) is 0.917. The largest absolute Gasteiger partial charge is 0.386 e. The van der Waals surface area contributed by atoms with Gasteiger partial charge in [-0.2, -0.15) is 0 Å². The SMILES string of the molecule is C#Cc1cnc(C=C)c(NC)c1. The fraction of sp³-hybridized carbons (Fsp3) is 0.100. The van der Waals surface area contributed by atoms with Crippen molar-refractivity contribution in [2.24, 2.45) is 0 Å². The van der Waals surface area contributed by atoms with Crippen LogP contribution in [-0.2, 0) is 0 Å². The maximum atomic E-state index is 5.22. The minimum absolute atomic E-state index is 0.768. The maximum Gasteiger partial charge on any atom is 0.0855 e. The van der Waals surface area contributed by atoms with Crippen LogP contribution in [0.25, 0.3) is 6.08 Å². The lowest BCUT2D eigenvalue weighted by molar-refractivity contribution is 1.27. The van der Waals surface area contributed by atoms with Crippen LogP contribution in [0.5, 0.6) is 0 Å². The van der Waals surface area contributed by atoms with Crippen molar-refractivity contribution in [3.63, 3.8) is 0 Å². The monoisotopic (exact) mass is 158 g/mol. The van der Waals surface area contributed by atoms with E-state index in [9.17, 15) is 0 Å². The van der Waals surface area contributed by atoms with Crippen LogP contribution in [0.2, 0.25) is 0 Å². The molecule has 1 rings (SSSR count). The molecule has 1 aromatic heterocycles. The average molecular weight is 158 g/mol. The van der Waals surface area contributed by atoms with Gasteiger partial charge in [0.2, 0.25) is 0 Å². The molecule has 0 aliphatic rings. The van der Waals surface area contributed by atoms with Crippen molar-refractivity contribution in [1.82, 2.24) is 4.98 Å². The van der Waals surface area contributed by atoms with Crippen molar-refractivity contribution in [2.45, 2.75) is 0 Å². The molecule has 2 heteroatoms. The summed E-state index contributed by atoms with van der Waals surface area (Å²) in [5.74, 6) is 2.52. The highest BCUT2D eigenvalue weighted by atomic mass is 14.9. The molecule has 12 heavy (non-hydrogen) atoms. The summed E-state index contributed by atoms with van der Waals surface area (Å²) in [6.45, 7) is 3.64. The number of anilines is 1. The standard InChI is InChI=1S/C10H10N2/c1-4-8-6-10(11-3)9(5-2)12-7-8/h1,5-7,11H,2H2,3H3. The van der Waals surface area contributed by atoms with Gasteiger partial charge in [0.1, 0.15) is 0 Å². The number of pyridine rings is 1. The lowest BCUT2D eigenvalue weighted by Crippen LogP contribution is -1.94. The molecule has 0 radical (unpaired) electrons. The van der Waals surface area contributed by atoms with Crippen LogP contribution in [0.15, 0.2) is 18.8 Å². The molecule has 0 spiro atoms. The Hall–Kier alpha value is -1.75. The third-order valence-corrected chi connectivity index (χ3v) is 1.55. The molecule has 1 aromatic rings. The van der Waals surface area contributed by atoms with Gasteiger partial charge in [-0.25, -0.2) is 0 Å².